The number of nitrogens with one attached hydrogen (secondary N) is 2. The van der Waals surface area contributed by atoms with Crippen LogP contribution in [-0.4, -0.2) is 34.8 Å². The van der Waals surface area contributed by atoms with Crippen molar-refractivity contribution < 1.29 is 14.4 Å². The number of rotatable bonds is 5. The summed E-state index contributed by atoms with van der Waals surface area (Å²) in [7, 11) is 0. The molecule has 6 nitrogen and oxygen atoms in total. The second-order valence-corrected chi connectivity index (χ2v) is 8.37. The fraction of sp³-hybridized carbons (Fsp3) is 0.375. The van der Waals surface area contributed by atoms with Gasteiger partial charge in [-0.1, -0.05) is 79.9 Å². The van der Waals surface area contributed by atoms with E-state index in [9.17, 15) is 14.4 Å². The van der Waals surface area contributed by atoms with Crippen LogP contribution in [0.25, 0.3) is 0 Å². The average molecular weight is 405 g/mol. The first-order valence-corrected chi connectivity index (χ1v) is 10.5. The standard InChI is InChI=1S/C24H27N3O3/c1-23(18-11-5-2-6-12-18,19-13-7-3-8-14-19)25-20(28)17-27-21(29)24(26-22(27)30)15-9-4-10-16-24/h2-3,5-8,11-14H,4,9-10,15-17H2,1H3,(H,25,28)(H,26,30). The highest BCUT2D eigenvalue weighted by atomic mass is 16.2. The molecule has 1 spiro atoms. The summed E-state index contributed by atoms with van der Waals surface area (Å²) < 4.78 is 0. The SMILES string of the molecule is CC(NC(=O)CN1C(=O)NC2(CCCCC2)C1=O)(c1ccccc1)c1ccccc1. The molecule has 0 unspecified atom stereocenters. The first-order chi connectivity index (χ1) is 14.4. The minimum absolute atomic E-state index is 0.275. The van der Waals surface area contributed by atoms with Crippen molar-refractivity contribution >= 4 is 17.8 Å². The molecule has 2 aromatic rings. The predicted molar refractivity (Wildman–Crippen MR) is 114 cm³/mol. The molecule has 0 bridgehead atoms. The number of carbonyl (C=O) groups is 3. The van der Waals surface area contributed by atoms with E-state index >= 15 is 0 Å². The summed E-state index contributed by atoms with van der Waals surface area (Å²) in [5.41, 5.74) is 0.232. The van der Waals surface area contributed by atoms with E-state index in [0.717, 1.165) is 35.3 Å². The molecule has 1 saturated carbocycles. The maximum atomic E-state index is 13.0. The van der Waals surface area contributed by atoms with Gasteiger partial charge in [0.05, 0.1) is 5.54 Å². The number of urea groups is 1. The van der Waals surface area contributed by atoms with Gasteiger partial charge in [0.25, 0.3) is 5.91 Å². The molecule has 4 rings (SSSR count). The lowest BCUT2D eigenvalue weighted by atomic mass is 9.82. The van der Waals surface area contributed by atoms with E-state index in [1.807, 2.05) is 67.6 Å². The van der Waals surface area contributed by atoms with Crippen molar-refractivity contribution in [2.24, 2.45) is 0 Å². The largest absolute Gasteiger partial charge is 0.341 e. The lowest BCUT2D eigenvalue weighted by molar-refractivity contribution is -0.136. The molecule has 2 aliphatic rings. The van der Waals surface area contributed by atoms with Gasteiger partial charge >= 0.3 is 6.03 Å². The topological polar surface area (TPSA) is 78.5 Å². The molecule has 30 heavy (non-hydrogen) atoms. The molecular weight excluding hydrogens is 378 g/mol. The smallest absolute Gasteiger partial charge is 0.325 e. The van der Waals surface area contributed by atoms with Gasteiger partial charge < -0.3 is 10.6 Å². The van der Waals surface area contributed by atoms with Crippen molar-refractivity contribution in [1.82, 2.24) is 15.5 Å². The number of hydrogen-bond acceptors (Lipinski definition) is 3. The van der Waals surface area contributed by atoms with E-state index < -0.39 is 17.1 Å². The first kappa shape index (κ1) is 20.1. The Morgan fingerprint density at radius 1 is 0.967 bits per heavy atom. The Kier molecular flexibility index (Phi) is 5.33. The predicted octanol–water partition coefficient (Wildman–Crippen LogP) is 3.32. The van der Waals surface area contributed by atoms with E-state index in [1.54, 1.807) is 0 Å². The van der Waals surface area contributed by atoms with Crippen molar-refractivity contribution in [3.63, 3.8) is 0 Å². The normalized spacial score (nSPS) is 18.4. The molecule has 1 heterocycles. The molecule has 0 radical (unpaired) electrons. The average Bonchev–Trinajstić information content (AvgIpc) is 2.99. The van der Waals surface area contributed by atoms with Gasteiger partial charge in [-0.2, -0.15) is 0 Å². The molecule has 1 aliphatic heterocycles. The lowest BCUT2D eigenvalue weighted by Crippen LogP contribution is -2.51. The van der Waals surface area contributed by atoms with Gasteiger partial charge in [-0.05, 0) is 30.9 Å². The molecule has 2 aromatic carbocycles. The van der Waals surface area contributed by atoms with Crippen molar-refractivity contribution in [2.75, 3.05) is 6.54 Å². The maximum Gasteiger partial charge on any atom is 0.325 e. The van der Waals surface area contributed by atoms with Crippen LogP contribution in [-0.2, 0) is 15.1 Å². The second-order valence-electron chi connectivity index (χ2n) is 8.37. The quantitative estimate of drug-likeness (QED) is 0.749. The van der Waals surface area contributed by atoms with Gasteiger partial charge in [0.1, 0.15) is 12.1 Å². The third-order valence-electron chi connectivity index (χ3n) is 6.35. The Morgan fingerprint density at radius 3 is 2.03 bits per heavy atom. The highest BCUT2D eigenvalue weighted by Crippen LogP contribution is 2.34. The molecule has 1 saturated heterocycles. The molecule has 156 valence electrons. The summed E-state index contributed by atoms with van der Waals surface area (Å²) >= 11 is 0. The molecule has 4 amide bonds. The molecule has 1 aliphatic carbocycles. The van der Waals surface area contributed by atoms with Crippen LogP contribution in [0.1, 0.15) is 50.2 Å². The van der Waals surface area contributed by atoms with E-state index in [1.165, 1.54) is 0 Å². The second kappa shape index (κ2) is 7.94. The molecule has 2 fully saturated rings. The number of amides is 4. The van der Waals surface area contributed by atoms with Gasteiger partial charge in [-0.15, -0.1) is 0 Å². The monoisotopic (exact) mass is 405 g/mol. The van der Waals surface area contributed by atoms with Gasteiger partial charge in [-0.25, -0.2) is 4.79 Å². The number of hydrogen-bond donors (Lipinski definition) is 2. The molecular formula is C24H27N3O3. The number of benzene rings is 2. The van der Waals surface area contributed by atoms with Crippen LogP contribution in [0.5, 0.6) is 0 Å². The summed E-state index contributed by atoms with van der Waals surface area (Å²) in [6.45, 7) is 1.64. The minimum Gasteiger partial charge on any atom is -0.341 e. The van der Waals surface area contributed by atoms with Gasteiger partial charge in [0.2, 0.25) is 5.91 Å². The third kappa shape index (κ3) is 3.58. The first-order valence-electron chi connectivity index (χ1n) is 10.5. The summed E-state index contributed by atoms with van der Waals surface area (Å²) in [5.74, 6) is -0.648. The number of nitrogens with zero attached hydrogens (tertiary/aromatic N) is 1. The highest BCUT2D eigenvalue weighted by molar-refractivity contribution is 6.09. The van der Waals surface area contributed by atoms with Crippen molar-refractivity contribution in [3.8, 4) is 0 Å². The zero-order valence-electron chi connectivity index (χ0n) is 17.2. The Bertz CT molecular complexity index is 897. The Labute approximate surface area is 176 Å². The van der Waals surface area contributed by atoms with Gasteiger partial charge in [0, 0.05) is 0 Å². The summed E-state index contributed by atoms with van der Waals surface area (Å²) in [5, 5.41) is 5.93. The Balaban J connectivity index is 1.55. The van der Waals surface area contributed by atoms with Crippen LogP contribution in [0, 0.1) is 0 Å². The van der Waals surface area contributed by atoms with Crippen LogP contribution in [0.2, 0.25) is 0 Å². The fourth-order valence-corrected chi connectivity index (χ4v) is 4.63. The highest BCUT2D eigenvalue weighted by Gasteiger charge is 2.51. The maximum absolute atomic E-state index is 13.0. The van der Waals surface area contributed by atoms with Crippen LogP contribution in [0.15, 0.2) is 60.7 Å². The van der Waals surface area contributed by atoms with Crippen molar-refractivity contribution in [2.45, 2.75) is 50.1 Å². The van der Waals surface area contributed by atoms with Crippen LogP contribution < -0.4 is 10.6 Å². The van der Waals surface area contributed by atoms with Crippen LogP contribution >= 0.6 is 0 Å². The summed E-state index contributed by atoms with van der Waals surface area (Å²) in [4.78, 5) is 39.6. The number of carbonyl (C=O) groups excluding carboxylic acids is 3. The van der Waals surface area contributed by atoms with Crippen LogP contribution in [0.3, 0.4) is 0 Å². The van der Waals surface area contributed by atoms with Crippen molar-refractivity contribution in [1.29, 1.82) is 0 Å². The van der Waals surface area contributed by atoms with Gasteiger partial charge in [0.15, 0.2) is 0 Å². The number of imide groups is 1. The molecule has 2 N–H and O–H groups in total. The molecule has 0 atom stereocenters. The van der Waals surface area contributed by atoms with E-state index in [0.29, 0.717) is 12.8 Å². The van der Waals surface area contributed by atoms with E-state index in [4.69, 9.17) is 0 Å². The van der Waals surface area contributed by atoms with E-state index in [-0.39, 0.29) is 18.4 Å². The fourth-order valence-electron chi connectivity index (χ4n) is 4.63. The zero-order valence-corrected chi connectivity index (χ0v) is 17.2. The van der Waals surface area contributed by atoms with E-state index in [2.05, 4.69) is 10.6 Å². The zero-order chi connectivity index (χ0) is 21.2. The minimum atomic E-state index is -0.822. The molecule has 6 heteroatoms. The summed E-state index contributed by atoms with van der Waals surface area (Å²) in [6.07, 6.45) is 4.17. The summed E-state index contributed by atoms with van der Waals surface area (Å²) in [6, 6.07) is 18.9. The Hall–Kier alpha value is -3.15. The third-order valence-corrected chi connectivity index (χ3v) is 6.35. The van der Waals surface area contributed by atoms with Gasteiger partial charge in [-0.3, -0.25) is 14.5 Å². The van der Waals surface area contributed by atoms with Crippen LogP contribution in [0.4, 0.5) is 4.79 Å². The lowest BCUT2D eigenvalue weighted by Gasteiger charge is -2.33. The van der Waals surface area contributed by atoms with Crippen molar-refractivity contribution in [3.05, 3.63) is 71.8 Å². The Morgan fingerprint density at radius 2 is 1.50 bits per heavy atom. The molecule has 0 aromatic heterocycles.